The fraction of sp³-hybridized carbons (Fsp3) is 0.857. The summed E-state index contributed by atoms with van der Waals surface area (Å²) in [5, 5.41) is 2.20. The maximum Gasteiger partial charge on any atom is 0.441 e. The molecule has 0 saturated carbocycles. The van der Waals surface area contributed by atoms with Gasteiger partial charge in [-0.1, -0.05) is 0 Å². The van der Waals surface area contributed by atoms with E-state index in [9.17, 15) is 18.0 Å². The van der Waals surface area contributed by atoms with Crippen LogP contribution in [0, 0.1) is 0 Å². The predicted molar refractivity (Wildman–Crippen MR) is 48.1 cm³/mol. The van der Waals surface area contributed by atoms with Gasteiger partial charge in [0.2, 0.25) is 0 Å². The van der Waals surface area contributed by atoms with Crippen LogP contribution in [-0.4, -0.2) is 30.0 Å². The van der Waals surface area contributed by atoms with E-state index in [4.69, 9.17) is 0 Å². The number of ether oxygens (including phenoxy) is 1. The van der Waals surface area contributed by atoms with Crippen molar-refractivity contribution >= 4 is 17.9 Å². The van der Waals surface area contributed by atoms with Crippen LogP contribution in [0.15, 0.2) is 0 Å². The molecule has 0 fully saturated rings. The van der Waals surface area contributed by atoms with Crippen molar-refractivity contribution in [2.75, 3.05) is 12.3 Å². The zero-order valence-corrected chi connectivity index (χ0v) is 8.67. The molecule has 0 aliphatic heterocycles. The summed E-state index contributed by atoms with van der Waals surface area (Å²) in [5.41, 5.74) is -4.25. The zero-order valence-electron chi connectivity index (χ0n) is 7.85. The number of carbonyl (C=O) groups excluding carboxylic acids is 1. The molecule has 14 heavy (non-hydrogen) atoms. The summed E-state index contributed by atoms with van der Waals surface area (Å²) in [6.07, 6.45) is -0.965. The number of amides is 1. The summed E-state index contributed by atoms with van der Waals surface area (Å²) in [5.74, 6) is -0.212. The van der Waals surface area contributed by atoms with E-state index in [2.05, 4.69) is 10.1 Å². The first kappa shape index (κ1) is 13.4. The Morgan fingerprint density at radius 3 is 2.50 bits per heavy atom. The van der Waals surface area contributed by atoms with Crippen LogP contribution >= 0.6 is 11.8 Å². The molecule has 0 heterocycles. The highest BCUT2D eigenvalue weighted by molar-refractivity contribution is 8.00. The molecule has 0 aliphatic rings. The van der Waals surface area contributed by atoms with Gasteiger partial charge < -0.3 is 10.1 Å². The van der Waals surface area contributed by atoms with Gasteiger partial charge in [0.25, 0.3) is 0 Å². The fourth-order valence-corrected chi connectivity index (χ4v) is 1.01. The van der Waals surface area contributed by atoms with E-state index in [0.717, 1.165) is 0 Å². The van der Waals surface area contributed by atoms with Crippen LogP contribution in [-0.2, 0) is 4.74 Å². The van der Waals surface area contributed by atoms with Crippen molar-refractivity contribution in [3.63, 3.8) is 0 Å². The molecule has 0 atom stereocenters. The lowest BCUT2D eigenvalue weighted by Gasteiger charge is -2.09. The number of hydrogen-bond acceptors (Lipinski definition) is 3. The quantitative estimate of drug-likeness (QED) is 0.755. The Labute approximate surface area is 84.4 Å². The molecule has 1 amide bonds. The summed E-state index contributed by atoms with van der Waals surface area (Å²) >= 11 is -0.176. The lowest BCUT2D eigenvalue weighted by molar-refractivity contribution is -0.0327. The summed E-state index contributed by atoms with van der Waals surface area (Å²) in [7, 11) is 0. The third-order valence-corrected chi connectivity index (χ3v) is 1.72. The van der Waals surface area contributed by atoms with Crippen molar-refractivity contribution in [1.82, 2.24) is 5.32 Å². The highest BCUT2D eigenvalue weighted by atomic mass is 32.2. The Morgan fingerprint density at radius 2 is 2.07 bits per heavy atom. The molecule has 0 bridgehead atoms. The number of thioether (sulfide) groups is 1. The lowest BCUT2D eigenvalue weighted by atomic mass is 10.5. The second-order valence-corrected chi connectivity index (χ2v) is 3.83. The van der Waals surface area contributed by atoms with E-state index in [1.165, 1.54) is 0 Å². The lowest BCUT2D eigenvalue weighted by Crippen LogP contribution is -2.29. The third kappa shape index (κ3) is 9.50. The molecule has 0 rings (SSSR count). The van der Waals surface area contributed by atoms with Gasteiger partial charge >= 0.3 is 11.6 Å². The van der Waals surface area contributed by atoms with Gasteiger partial charge in [-0.3, -0.25) is 0 Å². The Bertz CT molecular complexity index is 184. The number of nitrogens with one attached hydrogen (secondary N) is 1. The summed E-state index contributed by atoms with van der Waals surface area (Å²) < 4.78 is 39.5. The Kier molecular flexibility index (Phi) is 5.75. The molecular formula is C7H12F3NO2S. The van der Waals surface area contributed by atoms with Crippen LogP contribution in [0.25, 0.3) is 0 Å². The molecule has 0 aromatic heterocycles. The summed E-state index contributed by atoms with van der Waals surface area (Å²) in [4.78, 5) is 10.8. The van der Waals surface area contributed by atoms with Crippen LogP contribution in [0.5, 0.6) is 0 Å². The van der Waals surface area contributed by atoms with Gasteiger partial charge in [-0.25, -0.2) is 4.79 Å². The Balaban J connectivity index is 3.41. The van der Waals surface area contributed by atoms with Crippen LogP contribution < -0.4 is 5.32 Å². The van der Waals surface area contributed by atoms with E-state index < -0.39 is 11.6 Å². The average molecular weight is 231 g/mol. The van der Waals surface area contributed by atoms with E-state index in [1.54, 1.807) is 13.8 Å². The smallest absolute Gasteiger partial charge is 0.441 e. The Morgan fingerprint density at radius 1 is 1.50 bits per heavy atom. The molecule has 7 heteroatoms. The first-order valence-corrected chi connectivity index (χ1v) is 4.95. The molecule has 0 unspecified atom stereocenters. The van der Waals surface area contributed by atoms with Gasteiger partial charge in [0.15, 0.2) is 0 Å². The van der Waals surface area contributed by atoms with Crippen LogP contribution in [0.2, 0.25) is 0 Å². The minimum absolute atomic E-state index is 0.0598. The average Bonchev–Trinajstić information content (AvgIpc) is 1.95. The van der Waals surface area contributed by atoms with Crippen molar-refractivity contribution in [1.29, 1.82) is 0 Å². The molecule has 84 valence electrons. The largest absolute Gasteiger partial charge is 0.447 e. The van der Waals surface area contributed by atoms with Gasteiger partial charge in [0.1, 0.15) is 0 Å². The molecule has 0 aliphatic carbocycles. The van der Waals surface area contributed by atoms with Crippen LogP contribution in [0.1, 0.15) is 13.8 Å². The van der Waals surface area contributed by atoms with E-state index >= 15 is 0 Å². The van der Waals surface area contributed by atoms with Crippen LogP contribution in [0.4, 0.5) is 18.0 Å². The van der Waals surface area contributed by atoms with Gasteiger partial charge in [-0.15, -0.1) is 0 Å². The number of hydrogen-bond donors (Lipinski definition) is 1. The SMILES string of the molecule is CC(C)OC(=O)NCCSC(F)(F)F. The number of halogens is 3. The minimum Gasteiger partial charge on any atom is -0.447 e. The third-order valence-electron chi connectivity index (χ3n) is 0.980. The van der Waals surface area contributed by atoms with Gasteiger partial charge in [-0.2, -0.15) is 13.2 Å². The molecular weight excluding hydrogens is 219 g/mol. The molecule has 0 aromatic rings. The topological polar surface area (TPSA) is 38.3 Å². The predicted octanol–water partition coefficient (Wildman–Crippen LogP) is 2.37. The molecule has 0 spiro atoms. The van der Waals surface area contributed by atoms with Gasteiger partial charge in [0, 0.05) is 12.3 Å². The maximum atomic E-state index is 11.6. The standard InChI is InChI=1S/C7H12F3NO2S/c1-5(2)13-6(12)11-3-4-14-7(8,9)10/h5H,3-4H2,1-2H3,(H,11,12). The van der Waals surface area contributed by atoms with Gasteiger partial charge in [0.05, 0.1) is 6.10 Å². The van der Waals surface area contributed by atoms with Crippen molar-refractivity contribution in [2.24, 2.45) is 0 Å². The highest BCUT2D eigenvalue weighted by Crippen LogP contribution is 2.29. The minimum atomic E-state index is -4.25. The number of alkyl halides is 3. The van der Waals surface area contributed by atoms with E-state index in [-0.39, 0.29) is 30.2 Å². The van der Waals surface area contributed by atoms with E-state index in [0.29, 0.717) is 0 Å². The number of rotatable bonds is 4. The maximum absolute atomic E-state index is 11.6. The van der Waals surface area contributed by atoms with Crippen molar-refractivity contribution in [3.8, 4) is 0 Å². The van der Waals surface area contributed by atoms with Crippen LogP contribution in [0.3, 0.4) is 0 Å². The fourth-order valence-electron chi connectivity index (χ4n) is 0.576. The second-order valence-electron chi connectivity index (χ2n) is 2.68. The summed E-state index contributed by atoms with van der Waals surface area (Å²) in [6.45, 7) is 3.25. The second kappa shape index (κ2) is 6.00. The molecule has 0 aromatic carbocycles. The van der Waals surface area contributed by atoms with Crippen molar-refractivity contribution in [3.05, 3.63) is 0 Å². The molecule has 0 radical (unpaired) electrons. The van der Waals surface area contributed by atoms with Crippen molar-refractivity contribution < 1.29 is 22.7 Å². The number of alkyl carbamates (subject to hydrolysis) is 1. The van der Waals surface area contributed by atoms with E-state index in [1.807, 2.05) is 0 Å². The first-order valence-electron chi connectivity index (χ1n) is 3.96. The monoisotopic (exact) mass is 231 g/mol. The van der Waals surface area contributed by atoms with Gasteiger partial charge in [-0.05, 0) is 25.6 Å². The summed E-state index contributed by atoms with van der Waals surface area (Å²) in [6, 6.07) is 0. The normalized spacial score (nSPS) is 11.6. The Hall–Kier alpha value is -0.590. The number of carbonyl (C=O) groups is 1. The molecule has 1 N–H and O–H groups in total. The molecule has 3 nitrogen and oxygen atoms in total. The first-order chi connectivity index (χ1) is 6.31. The van der Waals surface area contributed by atoms with Crippen molar-refractivity contribution in [2.45, 2.75) is 25.5 Å². The zero-order chi connectivity index (χ0) is 11.2. The highest BCUT2D eigenvalue weighted by Gasteiger charge is 2.27. The molecule has 0 saturated heterocycles.